The number of ether oxygens (including phenoxy) is 1. The van der Waals surface area contributed by atoms with Crippen molar-refractivity contribution in [2.45, 2.75) is 20.3 Å². The summed E-state index contributed by atoms with van der Waals surface area (Å²) in [6.07, 6.45) is 4.98. The van der Waals surface area contributed by atoms with Crippen molar-refractivity contribution < 1.29 is 4.74 Å². The Balaban J connectivity index is 2.21. The van der Waals surface area contributed by atoms with Gasteiger partial charge in [0.15, 0.2) is 0 Å². The molecule has 0 aromatic rings. The molecule has 11 heavy (non-hydrogen) atoms. The zero-order valence-electron chi connectivity index (χ0n) is 7.30. The highest BCUT2D eigenvalue weighted by atomic mass is 32.2. The van der Waals surface area contributed by atoms with Gasteiger partial charge in [-0.05, 0) is 13.3 Å². The highest BCUT2D eigenvalue weighted by Gasteiger charge is 2.36. The molecule has 1 heterocycles. The molecular formula is C9H16OS. The first-order valence-electron chi connectivity index (χ1n) is 4.13. The smallest absolute Gasteiger partial charge is 0.0945 e. The van der Waals surface area contributed by atoms with Crippen LogP contribution >= 0.6 is 11.8 Å². The van der Waals surface area contributed by atoms with E-state index in [0.29, 0.717) is 5.41 Å². The summed E-state index contributed by atoms with van der Waals surface area (Å²) in [5, 5.41) is 0. The lowest BCUT2D eigenvalue weighted by molar-refractivity contribution is 0.132. The Hall–Kier alpha value is -0.110. The largest absolute Gasteiger partial charge is 0.501 e. The fourth-order valence-corrected chi connectivity index (χ4v) is 2.46. The molecule has 1 nitrogen and oxygen atoms in total. The lowest BCUT2D eigenvalue weighted by Crippen LogP contribution is -2.38. The zero-order chi connectivity index (χ0) is 8.16. The molecule has 0 atom stereocenters. The molecule has 1 saturated heterocycles. The van der Waals surface area contributed by atoms with Crippen LogP contribution in [0.4, 0.5) is 0 Å². The summed E-state index contributed by atoms with van der Waals surface area (Å²) in [5.74, 6) is 2.56. The molecule has 1 aliphatic heterocycles. The highest BCUT2D eigenvalue weighted by Crippen LogP contribution is 2.40. The topological polar surface area (TPSA) is 9.23 Å². The molecule has 0 radical (unpaired) electrons. The van der Waals surface area contributed by atoms with Gasteiger partial charge in [-0.2, -0.15) is 11.8 Å². The molecule has 0 spiro atoms. The van der Waals surface area contributed by atoms with Gasteiger partial charge in [-0.25, -0.2) is 0 Å². The minimum Gasteiger partial charge on any atom is -0.501 e. The van der Waals surface area contributed by atoms with E-state index >= 15 is 0 Å². The molecule has 0 bridgehead atoms. The standard InChI is InChI=1S/C9H16OS/c1-3-5-10-6-9(4-2)7-11-8-9/h3,5H,4,6-8H2,1-2H3/b5-3+. The van der Waals surface area contributed by atoms with Gasteiger partial charge < -0.3 is 4.74 Å². The van der Waals surface area contributed by atoms with Crippen LogP contribution in [0.15, 0.2) is 12.3 Å². The van der Waals surface area contributed by atoms with Crippen molar-refractivity contribution in [1.29, 1.82) is 0 Å². The normalized spacial score (nSPS) is 21.6. The first kappa shape index (κ1) is 8.98. The second kappa shape index (κ2) is 4.05. The molecule has 0 saturated carbocycles. The third-order valence-corrected chi connectivity index (χ3v) is 3.82. The Morgan fingerprint density at radius 1 is 1.55 bits per heavy atom. The van der Waals surface area contributed by atoms with Crippen molar-refractivity contribution in [2.24, 2.45) is 5.41 Å². The molecule has 64 valence electrons. The van der Waals surface area contributed by atoms with Gasteiger partial charge in [0, 0.05) is 16.9 Å². The average Bonchev–Trinajstić information content (AvgIpc) is 1.95. The molecule has 0 aromatic heterocycles. The second-order valence-electron chi connectivity index (χ2n) is 3.13. The lowest BCUT2D eigenvalue weighted by Gasteiger charge is -2.39. The van der Waals surface area contributed by atoms with E-state index in [1.807, 2.05) is 24.8 Å². The van der Waals surface area contributed by atoms with E-state index in [4.69, 9.17) is 4.74 Å². The molecule has 0 unspecified atom stereocenters. The van der Waals surface area contributed by atoms with Crippen LogP contribution in [0.1, 0.15) is 20.3 Å². The quantitative estimate of drug-likeness (QED) is 0.603. The van der Waals surface area contributed by atoms with Crippen molar-refractivity contribution in [1.82, 2.24) is 0 Å². The van der Waals surface area contributed by atoms with E-state index < -0.39 is 0 Å². The monoisotopic (exact) mass is 172 g/mol. The molecule has 1 rings (SSSR count). The highest BCUT2D eigenvalue weighted by molar-refractivity contribution is 8.00. The van der Waals surface area contributed by atoms with Crippen molar-refractivity contribution in [3.8, 4) is 0 Å². The summed E-state index contributed by atoms with van der Waals surface area (Å²) in [4.78, 5) is 0. The van der Waals surface area contributed by atoms with Gasteiger partial charge >= 0.3 is 0 Å². The number of allylic oxidation sites excluding steroid dienone is 1. The Morgan fingerprint density at radius 2 is 2.27 bits per heavy atom. The maximum absolute atomic E-state index is 5.39. The maximum atomic E-state index is 5.39. The van der Waals surface area contributed by atoms with Crippen LogP contribution in [0.5, 0.6) is 0 Å². The predicted molar refractivity (Wildman–Crippen MR) is 50.8 cm³/mol. The first-order valence-corrected chi connectivity index (χ1v) is 5.29. The fourth-order valence-electron chi connectivity index (χ4n) is 1.10. The van der Waals surface area contributed by atoms with Crippen molar-refractivity contribution >= 4 is 11.8 Å². The molecule has 0 N–H and O–H groups in total. The summed E-state index contributed by atoms with van der Waals surface area (Å²) >= 11 is 2.02. The van der Waals surface area contributed by atoms with Crippen LogP contribution in [0.25, 0.3) is 0 Å². The van der Waals surface area contributed by atoms with Crippen molar-refractivity contribution in [3.05, 3.63) is 12.3 Å². The molecule has 0 amide bonds. The Morgan fingerprint density at radius 3 is 2.64 bits per heavy atom. The maximum Gasteiger partial charge on any atom is 0.0945 e. The third kappa shape index (κ3) is 2.16. The van der Waals surface area contributed by atoms with Crippen LogP contribution in [0, 0.1) is 5.41 Å². The molecule has 0 aliphatic carbocycles. The van der Waals surface area contributed by atoms with Crippen molar-refractivity contribution in [3.63, 3.8) is 0 Å². The molecule has 1 aliphatic rings. The van der Waals surface area contributed by atoms with Crippen LogP contribution in [0.2, 0.25) is 0 Å². The summed E-state index contributed by atoms with van der Waals surface area (Å²) < 4.78 is 5.39. The van der Waals surface area contributed by atoms with E-state index in [2.05, 4.69) is 6.92 Å². The second-order valence-corrected chi connectivity index (χ2v) is 4.11. The van der Waals surface area contributed by atoms with Gasteiger partial charge in [0.2, 0.25) is 0 Å². The molecular weight excluding hydrogens is 156 g/mol. The predicted octanol–water partition coefficient (Wildman–Crippen LogP) is 2.68. The number of thioether (sulfide) groups is 1. The van der Waals surface area contributed by atoms with Gasteiger partial charge in [0.1, 0.15) is 0 Å². The van der Waals surface area contributed by atoms with Gasteiger partial charge in [-0.3, -0.25) is 0 Å². The van der Waals surface area contributed by atoms with E-state index in [1.54, 1.807) is 6.26 Å². The summed E-state index contributed by atoms with van der Waals surface area (Å²) in [7, 11) is 0. The third-order valence-electron chi connectivity index (χ3n) is 2.19. The summed E-state index contributed by atoms with van der Waals surface area (Å²) in [5.41, 5.74) is 0.504. The van der Waals surface area contributed by atoms with E-state index in [9.17, 15) is 0 Å². The van der Waals surface area contributed by atoms with E-state index in [1.165, 1.54) is 17.9 Å². The average molecular weight is 172 g/mol. The lowest BCUT2D eigenvalue weighted by atomic mass is 9.90. The zero-order valence-corrected chi connectivity index (χ0v) is 8.12. The van der Waals surface area contributed by atoms with E-state index in [0.717, 1.165) is 6.61 Å². The SMILES string of the molecule is C/C=C/OCC1(CC)CSC1. The minimum atomic E-state index is 0.504. The first-order chi connectivity index (χ1) is 5.33. The van der Waals surface area contributed by atoms with Gasteiger partial charge in [0.25, 0.3) is 0 Å². The summed E-state index contributed by atoms with van der Waals surface area (Å²) in [6.45, 7) is 5.13. The number of hydrogen-bond donors (Lipinski definition) is 0. The van der Waals surface area contributed by atoms with Crippen LogP contribution in [-0.4, -0.2) is 18.1 Å². The summed E-state index contributed by atoms with van der Waals surface area (Å²) in [6, 6.07) is 0. The van der Waals surface area contributed by atoms with Gasteiger partial charge in [0.05, 0.1) is 12.9 Å². The van der Waals surface area contributed by atoms with Gasteiger partial charge in [-0.1, -0.05) is 13.0 Å². The fraction of sp³-hybridized carbons (Fsp3) is 0.778. The van der Waals surface area contributed by atoms with Gasteiger partial charge in [-0.15, -0.1) is 0 Å². The Labute approximate surface area is 73.2 Å². The molecule has 0 aromatic carbocycles. The van der Waals surface area contributed by atoms with Crippen molar-refractivity contribution in [2.75, 3.05) is 18.1 Å². The molecule has 2 heteroatoms. The Kier molecular flexibility index (Phi) is 3.31. The van der Waals surface area contributed by atoms with Crippen LogP contribution in [0.3, 0.4) is 0 Å². The number of hydrogen-bond acceptors (Lipinski definition) is 2. The van der Waals surface area contributed by atoms with E-state index in [-0.39, 0.29) is 0 Å². The van der Waals surface area contributed by atoms with Crippen LogP contribution < -0.4 is 0 Å². The number of rotatable bonds is 4. The Bertz CT molecular complexity index is 133. The molecule has 1 fully saturated rings. The van der Waals surface area contributed by atoms with Crippen LogP contribution in [-0.2, 0) is 4.74 Å². The minimum absolute atomic E-state index is 0.504.